The average molecular weight is 287 g/mol. The predicted octanol–water partition coefficient (Wildman–Crippen LogP) is 1.60. The van der Waals surface area contributed by atoms with Crippen LogP contribution in [0.25, 0.3) is 0 Å². The lowest BCUT2D eigenvalue weighted by atomic mass is 10.3. The highest BCUT2D eigenvalue weighted by Crippen LogP contribution is 2.14. The molecule has 2 N–H and O–H groups in total. The van der Waals surface area contributed by atoms with Gasteiger partial charge in [0, 0.05) is 37.6 Å². The molecule has 0 aliphatic heterocycles. The van der Waals surface area contributed by atoms with Gasteiger partial charge in [-0.25, -0.2) is 13.1 Å². The van der Waals surface area contributed by atoms with Gasteiger partial charge in [-0.2, -0.15) is 0 Å². The van der Waals surface area contributed by atoms with E-state index in [1.54, 1.807) is 12.3 Å². The largest absolute Gasteiger partial charge is 0.352 e. The minimum absolute atomic E-state index is 0.0533. The van der Waals surface area contributed by atoms with Crippen LogP contribution >= 0.6 is 0 Å². The van der Waals surface area contributed by atoms with Gasteiger partial charge in [0.25, 0.3) is 0 Å². The summed E-state index contributed by atoms with van der Waals surface area (Å²) in [5.74, 6) is 0. The van der Waals surface area contributed by atoms with E-state index in [9.17, 15) is 8.42 Å². The van der Waals surface area contributed by atoms with Crippen molar-refractivity contribution in [3.8, 4) is 0 Å². The lowest BCUT2D eigenvalue weighted by molar-refractivity contribution is 0.555. The zero-order valence-electron chi connectivity index (χ0n) is 12.4. The van der Waals surface area contributed by atoms with Crippen molar-refractivity contribution in [1.82, 2.24) is 14.6 Å². The number of aryl methyl sites for hydroxylation is 1. The minimum atomic E-state index is -3.41. The fraction of sp³-hybridized carbons (Fsp3) is 0.692. The summed E-state index contributed by atoms with van der Waals surface area (Å²) in [6, 6.07) is 2.04. The second-order valence-electron chi connectivity index (χ2n) is 5.24. The number of hydrogen-bond acceptors (Lipinski definition) is 3. The molecule has 1 aromatic heterocycles. The molecule has 0 saturated heterocycles. The topological polar surface area (TPSA) is 63.1 Å². The maximum atomic E-state index is 12.2. The van der Waals surface area contributed by atoms with Crippen molar-refractivity contribution in [2.24, 2.45) is 7.05 Å². The van der Waals surface area contributed by atoms with Crippen LogP contribution in [0.15, 0.2) is 17.2 Å². The molecule has 0 fully saturated rings. The second-order valence-corrected chi connectivity index (χ2v) is 6.96. The van der Waals surface area contributed by atoms with E-state index in [2.05, 4.69) is 23.9 Å². The third-order valence-corrected chi connectivity index (χ3v) is 4.61. The zero-order chi connectivity index (χ0) is 14.6. The number of sulfonamides is 1. The molecule has 0 saturated carbocycles. The van der Waals surface area contributed by atoms with Gasteiger partial charge in [0.1, 0.15) is 0 Å². The Labute approximate surface area is 116 Å². The van der Waals surface area contributed by atoms with Crippen molar-refractivity contribution in [2.45, 2.75) is 57.6 Å². The summed E-state index contributed by atoms with van der Waals surface area (Å²) in [6.45, 7) is 8.60. The normalized spacial score (nSPS) is 14.0. The Balaban J connectivity index is 2.87. The van der Waals surface area contributed by atoms with Gasteiger partial charge < -0.3 is 9.88 Å². The molecule has 0 bridgehead atoms. The Morgan fingerprint density at radius 1 is 1.32 bits per heavy atom. The maximum Gasteiger partial charge on any atom is 0.242 e. The summed E-state index contributed by atoms with van der Waals surface area (Å²) < 4.78 is 28.8. The average Bonchev–Trinajstić information content (AvgIpc) is 2.68. The summed E-state index contributed by atoms with van der Waals surface area (Å²) in [5.41, 5.74) is 0.957. The Kier molecular flexibility index (Phi) is 5.58. The van der Waals surface area contributed by atoms with Gasteiger partial charge in [0.2, 0.25) is 10.0 Å². The standard InChI is InChI=1S/C13H25N3O2S/c1-6-11(4)15-19(17,18)13-7-12(16(5)9-13)8-14-10(2)3/h7,9-11,14-15H,6,8H2,1-5H3. The van der Waals surface area contributed by atoms with Gasteiger partial charge in [-0.15, -0.1) is 0 Å². The van der Waals surface area contributed by atoms with E-state index in [0.29, 0.717) is 17.5 Å². The molecule has 1 rings (SSSR count). The molecule has 0 aromatic carbocycles. The Morgan fingerprint density at radius 2 is 1.95 bits per heavy atom. The van der Waals surface area contributed by atoms with Gasteiger partial charge in [-0.1, -0.05) is 20.8 Å². The van der Waals surface area contributed by atoms with E-state index >= 15 is 0 Å². The van der Waals surface area contributed by atoms with E-state index < -0.39 is 10.0 Å². The first-order chi connectivity index (χ1) is 8.76. The van der Waals surface area contributed by atoms with Crippen LogP contribution in [-0.2, 0) is 23.6 Å². The monoisotopic (exact) mass is 287 g/mol. The van der Waals surface area contributed by atoms with Crippen molar-refractivity contribution >= 4 is 10.0 Å². The van der Waals surface area contributed by atoms with Crippen molar-refractivity contribution in [2.75, 3.05) is 0 Å². The number of nitrogens with zero attached hydrogens (tertiary/aromatic N) is 1. The van der Waals surface area contributed by atoms with Crippen LogP contribution in [0, 0.1) is 0 Å². The van der Waals surface area contributed by atoms with Gasteiger partial charge in [-0.05, 0) is 19.4 Å². The SMILES string of the molecule is CCC(C)NS(=O)(=O)c1cc(CNC(C)C)n(C)c1. The Hall–Kier alpha value is -0.850. The highest BCUT2D eigenvalue weighted by atomic mass is 32.2. The molecule has 1 aromatic rings. The quantitative estimate of drug-likeness (QED) is 0.800. The number of hydrogen-bond donors (Lipinski definition) is 2. The molecule has 19 heavy (non-hydrogen) atoms. The van der Waals surface area contributed by atoms with Crippen molar-refractivity contribution < 1.29 is 8.42 Å². The van der Waals surface area contributed by atoms with Gasteiger partial charge >= 0.3 is 0 Å². The lowest BCUT2D eigenvalue weighted by Crippen LogP contribution is -2.31. The Bertz CT molecular complexity index is 506. The lowest BCUT2D eigenvalue weighted by Gasteiger charge is -2.10. The fourth-order valence-corrected chi connectivity index (χ4v) is 3.05. The first kappa shape index (κ1) is 16.2. The number of nitrogens with one attached hydrogen (secondary N) is 2. The molecule has 0 aliphatic rings. The molecule has 1 atom stereocenters. The van der Waals surface area contributed by atoms with Crippen LogP contribution in [0.1, 0.15) is 39.8 Å². The zero-order valence-corrected chi connectivity index (χ0v) is 13.2. The summed E-state index contributed by atoms with van der Waals surface area (Å²) >= 11 is 0. The summed E-state index contributed by atoms with van der Waals surface area (Å²) in [5, 5.41) is 3.28. The predicted molar refractivity (Wildman–Crippen MR) is 77.5 cm³/mol. The molecule has 0 radical (unpaired) electrons. The summed E-state index contributed by atoms with van der Waals surface area (Å²) in [4.78, 5) is 0.329. The summed E-state index contributed by atoms with van der Waals surface area (Å²) in [6.07, 6.45) is 2.43. The van der Waals surface area contributed by atoms with E-state index in [4.69, 9.17) is 0 Å². The third kappa shape index (κ3) is 4.63. The smallest absolute Gasteiger partial charge is 0.242 e. The highest BCUT2D eigenvalue weighted by molar-refractivity contribution is 7.89. The number of rotatable bonds is 7. The fourth-order valence-electron chi connectivity index (χ4n) is 1.62. The van der Waals surface area contributed by atoms with Crippen molar-refractivity contribution in [3.05, 3.63) is 18.0 Å². The minimum Gasteiger partial charge on any atom is -0.352 e. The summed E-state index contributed by atoms with van der Waals surface area (Å²) in [7, 11) is -1.55. The van der Waals surface area contributed by atoms with Gasteiger partial charge in [0.15, 0.2) is 0 Å². The molecule has 1 unspecified atom stereocenters. The van der Waals surface area contributed by atoms with Crippen LogP contribution in [0.5, 0.6) is 0 Å². The molecule has 1 heterocycles. The van der Waals surface area contributed by atoms with Crippen LogP contribution in [0.4, 0.5) is 0 Å². The van der Waals surface area contributed by atoms with Gasteiger partial charge in [-0.3, -0.25) is 0 Å². The van der Waals surface area contributed by atoms with Crippen LogP contribution in [-0.4, -0.2) is 25.1 Å². The van der Waals surface area contributed by atoms with Crippen molar-refractivity contribution in [1.29, 1.82) is 0 Å². The molecular formula is C13H25N3O2S. The van der Waals surface area contributed by atoms with E-state index in [-0.39, 0.29) is 6.04 Å². The first-order valence-electron chi connectivity index (χ1n) is 6.67. The molecule has 5 nitrogen and oxygen atoms in total. The van der Waals surface area contributed by atoms with Crippen LogP contribution in [0.2, 0.25) is 0 Å². The van der Waals surface area contributed by atoms with E-state index in [0.717, 1.165) is 12.1 Å². The molecule has 0 spiro atoms. The van der Waals surface area contributed by atoms with Gasteiger partial charge in [0.05, 0.1) is 4.90 Å². The maximum absolute atomic E-state index is 12.2. The first-order valence-corrected chi connectivity index (χ1v) is 8.15. The Morgan fingerprint density at radius 3 is 2.47 bits per heavy atom. The molecule has 0 aliphatic carbocycles. The second kappa shape index (κ2) is 6.54. The van der Waals surface area contributed by atoms with E-state index in [1.165, 1.54) is 0 Å². The van der Waals surface area contributed by atoms with Crippen molar-refractivity contribution in [3.63, 3.8) is 0 Å². The van der Waals surface area contributed by atoms with E-state index in [1.807, 2.05) is 25.5 Å². The molecule has 6 heteroatoms. The highest BCUT2D eigenvalue weighted by Gasteiger charge is 2.19. The number of aromatic nitrogens is 1. The van der Waals surface area contributed by atoms with Crippen LogP contribution < -0.4 is 10.0 Å². The molecule has 0 amide bonds. The third-order valence-electron chi connectivity index (χ3n) is 3.05. The van der Waals surface area contributed by atoms with Crippen LogP contribution in [0.3, 0.4) is 0 Å². The molecule has 110 valence electrons. The molecular weight excluding hydrogens is 262 g/mol.